The lowest BCUT2D eigenvalue weighted by atomic mass is 10.1. The zero-order valence-electron chi connectivity index (χ0n) is 15.7. The van der Waals surface area contributed by atoms with Crippen molar-refractivity contribution < 1.29 is 0 Å². The molecule has 0 amide bonds. The Labute approximate surface area is 154 Å². The highest BCUT2D eigenvalue weighted by Gasteiger charge is 2.06. The van der Waals surface area contributed by atoms with Crippen molar-refractivity contribution in [1.82, 2.24) is 19.9 Å². The number of rotatable bonds is 2. The molecule has 0 aliphatic rings. The summed E-state index contributed by atoms with van der Waals surface area (Å²) in [6.45, 7) is 8.56. The zero-order valence-corrected chi connectivity index (χ0v) is 15.7. The Morgan fingerprint density at radius 1 is 0.692 bits per heavy atom. The predicted molar refractivity (Wildman–Crippen MR) is 107 cm³/mol. The summed E-state index contributed by atoms with van der Waals surface area (Å²) in [6, 6.07) is 12.1. The smallest absolute Gasteiger partial charge is 0.0919 e. The summed E-state index contributed by atoms with van der Waals surface area (Å²) in [5.74, 6) is 0.906. The van der Waals surface area contributed by atoms with Crippen LogP contribution in [0.15, 0.2) is 61.2 Å². The molecule has 0 aromatic carbocycles. The van der Waals surface area contributed by atoms with Crippen molar-refractivity contribution in [2.24, 2.45) is 0 Å². The van der Waals surface area contributed by atoms with Crippen LogP contribution in [0.25, 0.3) is 21.8 Å². The molecule has 4 heteroatoms. The molecule has 26 heavy (non-hydrogen) atoms. The third-order valence-corrected chi connectivity index (χ3v) is 4.20. The van der Waals surface area contributed by atoms with Crippen LogP contribution in [-0.2, 0) is 0 Å². The molecule has 4 aromatic heterocycles. The second-order valence-corrected chi connectivity index (χ2v) is 6.89. The average molecular weight is 344 g/mol. The van der Waals surface area contributed by atoms with Gasteiger partial charge in [0, 0.05) is 35.1 Å². The van der Waals surface area contributed by atoms with Crippen LogP contribution in [0, 0.1) is 0 Å². The number of hydrogen-bond acceptors (Lipinski definition) is 4. The van der Waals surface area contributed by atoms with E-state index >= 15 is 0 Å². The maximum atomic E-state index is 4.34. The predicted octanol–water partition coefficient (Wildman–Crippen LogP) is 5.51. The van der Waals surface area contributed by atoms with E-state index in [-0.39, 0.29) is 0 Å². The largest absolute Gasteiger partial charge is 0.259 e. The molecule has 0 atom stereocenters. The van der Waals surface area contributed by atoms with Gasteiger partial charge in [-0.15, -0.1) is 0 Å². The monoisotopic (exact) mass is 344 g/mol. The molecule has 0 unspecified atom stereocenters. The average Bonchev–Trinajstić information content (AvgIpc) is 2.67. The molecule has 0 bridgehead atoms. The van der Waals surface area contributed by atoms with Crippen molar-refractivity contribution in [3.8, 4) is 0 Å². The Bertz CT molecular complexity index is 997. The van der Waals surface area contributed by atoms with E-state index < -0.39 is 0 Å². The summed E-state index contributed by atoms with van der Waals surface area (Å²) in [5, 5.41) is 2.34. The molecule has 0 spiro atoms. The van der Waals surface area contributed by atoms with Crippen LogP contribution >= 0.6 is 0 Å². The maximum absolute atomic E-state index is 4.34. The minimum atomic E-state index is 0.429. The minimum absolute atomic E-state index is 0.429. The van der Waals surface area contributed by atoms with Gasteiger partial charge in [-0.05, 0) is 36.1 Å². The summed E-state index contributed by atoms with van der Waals surface area (Å²) < 4.78 is 0. The first-order valence-corrected chi connectivity index (χ1v) is 8.96. The van der Waals surface area contributed by atoms with Crippen molar-refractivity contribution in [3.63, 3.8) is 0 Å². The number of fused-ring (bicyclic) bond motifs is 2. The number of nitrogens with zero attached hydrogens (tertiary/aromatic N) is 4. The fourth-order valence-electron chi connectivity index (χ4n) is 2.76. The molecule has 132 valence electrons. The van der Waals surface area contributed by atoms with Gasteiger partial charge in [0.25, 0.3) is 0 Å². The van der Waals surface area contributed by atoms with Crippen molar-refractivity contribution in [3.05, 3.63) is 72.6 Å². The third kappa shape index (κ3) is 4.02. The Hall–Kier alpha value is -2.88. The number of aromatic nitrogens is 4. The van der Waals surface area contributed by atoms with E-state index in [4.69, 9.17) is 0 Å². The molecule has 0 aliphatic heterocycles. The Kier molecular flexibility index (Phi) is 5.52. The maximum Gasteiger partial charge on any atom is 0.0919 e. The van der Waals surface area contributed by atoms with Crippen LogP contribution in [0.2, 0.25) is 0 Å². The first-order chi connectivity index (χ1) is 12.6. The Morgan fingerprint density at radius 2 is 1.42 bits per heavy atom. The van der Waals surface area contributed by atoms with Gasteiger partial charge in [0.05, 0.1) is 22.9 Å². The summed E-state index contributed by atoms with van der Waals surface area (Å²) in [4.78, 5) is 17.2. The van der Waals surface area contributed by atoms with Gasteiger partial charge >= 0.3 is 0 Å². The second kappa shape index (κ2) is 8.00. The summed E-state index contributed by atoms with van der Waals surface area (Å²) in [7, 11) is 0. The Morgan fingerprint density at radius 3 is 2.15 bits per heavy atom. The van der Waals surface area contributed by atoms with Gasteiger partial charge in [-0.25, -0.2) is 0 Å². The lowest BCUT2D eigenvalue weighted by Gasteiger charge is -2.06. The Balaban J connectivity index is 0.000000151. The molecule has 4 nitrogen and oxygen atoms in total. The van der Waals surface area contributed by atoms with Crippen molar-refractivity contribution >= 4 is 21.8 Å². The fraction of sp³-hybridized carbons (Fsp3) is 0.273. The van der Waals surface area contributed by atoms with E-state index in [9.17, 15) is 0 Å². The third-order valence-electron chi connectivity index (χ3n) is 4.20. The summed E-state index contributed by atoms with van der Waals surface area (Å²) >= 11 is 0. The molecule has 4 rings (SSSR count). The van der Waals surface area contributed by atoms with Gasteiger partial charge < -0.3 is 0 Å². The van der Waals surface area contributed by atoms with Gasteiger partial charge in [-0.3, -0.25) is 19.9 Å². The van der Waals surface area contributed by atoms with Crippen LogP contribution in [0.5, 0.6) is 0 Å². The molecule has 4 aromatic rings. The van der Waals surface area contributed by atoms with Crippen LogP contribution in [-0.4, -0.2) is 19.9 Å². The lowest BCUT2D eigenvalue weighted by Crippen LogP contribution is -1.94. The van der Waals surface area contributed by atoms with Crippen LogP contribution in [0.4, 0.5) is 0 Å². The fourth-order valence-corrected chi connectivity index (χ4v) is 2.76. The quantitative estimate of drug-likeness (QED) is 0.481. The molecule has 4 heterocycles. The van der Waals surface area contributed by atoms with Gasteiger partial charge in [-0.2, -0.15) is 0 Å². The summed E-state index contributed by atoms with van der Waals surface area (Å²) in [5.41, 5.74) is 4.20. The highest BCUT2D eigenvalue weighted by atomic mass is 14.8. The summed E-state index contributed by atoms with van der Waals surface area (Å²) in [6.07, 6.45) is 7.29. The second-order valence-electron chi connectivity index (χ2n) is 6.89. The SMILES string of the molecule is CC(C)c1cc2cccnc2cn1.CC(C)c1nccc2cccnc12. The first-order valence-electron chi connectivity index (χ1n) is 8.96. The molecule has 0 N–H and O–H groups in total. The van der Waals surface area contributed by atoms with E-state index in [0.29, 0.717) is 11.8 Å². The molecule has 0 fully saturated rings. The molecular formula is C22H24N4. The van der Waals surface area contributed by atoms with E-state index in [0.717, 1.165) is 22.4 Å². The van der Waals surface area contributed by atoms with Crippen molar-refractivity contribution in [2.45, 2.75) is 39.5 Å². The standard InChI is InChI=1S/2C11H12N2/c1-8(2)10-11-9(5-7-13-10)4-3-6-12-11;1-8(2)10-6-9-4-3-5-12-11(9)7-13-10/h2*3-8H,1-2H3. The molecule has 0 aliphatic carbocycles. The van der Waals surface area contributed by atoms with Gasteiger partial charge in [0.2, 0.25) is 0 Å². The minimum Gasteiger partial charge on any atom is -0.259 e. The van der Waals surface area contributed by atoms with Crippen LogP contribution < -0.4 is 0 Å². The zero-order chi connectivity index (χ0) is 18.5. The van der Waals surface area contributed by atoms with Crippen LogP contribution in [0.1, 0.15) is 50.9 Å². The molecular weight excluding hydrogens is 320 g/mol. The highest BCUT2D eigenvalue weighted by Crippen LogP contribution is 2.20. The number of pyridine rings is 4. The van der Waals surface area contributed by atoms with Crippen molar-refractivity contribution in [1.29, 1.82) is 0 Å². The topological polar surface area (TPSA) is 51.6 Å². The van der Waals surface area contributed by atoms with E-state index in [1.165, 1.54) is 10.8 Å². The normalized spacial score (nSPS) is 11.0. The van der Waals surface area contributed by atoms with Crippen LogP contribution in [0.3, 0.4) is 0 Å². The number of hydrogen-bond donors (Lipinski definition) is 0. The van der Waals surface area contributed by atoms with E-state index in [2.05, 4.69) is 65.8 Å². The van der Waals surface area contributed by atoms with Gasteiger partial charge in [0.15, 0.2) is 0 Å². The molecule has 0 saturated heterocycles. The molecule has 0 saturated carbocycles. The van der Waals surface area contributed by atoms with Crippen molar-refractivity contribution in [2.75, 3.05) is 0 Å². The lowest BCUT2D eigenvalue weighted by molar-refractivity contribution is 0.826. The van der Waals surface area contributed by atoms with Gasteiger partial charge in [-0.1, -0.05) is 39.8 Å². The highest BCUT2D eigenvalue weighted by molar-refractivity contribution is 5.80. The molecule has 0 radical (unpaired) electrons. The van der Waals surface area contributed by atoms with E-state index in [1.807, 2.05) is 36.8 Å². The first kappa shape index (κ1) is 17.9. The van der Waals surface area contributed by atoms with E-state index in [1.54, 1.807) is 6.20 Å². The van der Waals surface area contributed by atoms with Gasteiger partial charge in [0.1, 0.15) is 0 Å².